The molecule has 0 radical (unpaired) electrons. The van der Waals surface area contributed by atoms with Gasteiger partial charge in [-0.15, -0.1) is 10.2 Å². The molecule has 1 atom stereocenters. The number of ether oxygens (including phenoxy) is 2. The minimum Gasteiger partial charge on any atom is -0.475 e. The number of carbonyl (C=O) groups excluding carboxylic acids is 1. The number of rotatable bonds is 7. The van der Waals surface area contributed by atoms with Crippen LogP contribution >= 0.6 is 27.3 Å². The molecule has 0 saturated heterocycles. The Kier molecular flexibility index (Phi) is 6.72. The highest BCUT2D eigenvalue weighted by molar-refractivity contribution is 9.10. The van der Waals surface area contributed by atoms with Crippen LogP contribution in [-0.4, -0.2) is 39.4 Å². The SMILES string of the molecule is COC(=O)Cn1cnc(OC[C@H](N)c2ccc(-c3nnc(C)s3)cc2)c(Br)c1=O. The van der Waals surface area contributed by atoms with Crippen molar-refractivity contribution in [2.45, 2.75) is 19.5 Å². The fraction of sp³-hybridized carbons (Fsp3) is 0.278. The highest BCUT2D eigenvalue weighted by Crippen LogP contribution is 2.25. The van der Waals surface area contributed by atoms with E-state index in [-0.39, 0.29) is 23.5 Å². The number of hydrogen-bond acceptors (Lipinski definition) is 9. The Morgan fingerprint density at radius 1 is 1.31 bits per heavy atom. The van der Waals surface area contributed by atoms with Gasteiger partial charge in [-0.2, -0.15) is 0 Å². The van der Waals surface area contributed by atoms with E-state index in [0.29, 0.717) is 0 Å². The van der Waals surface area contributed by atoms with Crippen LogP contribution in [0.2, 0.25) is 0 Å². The largest absolute Gasteiger partial charge is 0.475 e. The van der Waals surface area contributed by atoms with Crippen molar-refractivity contribution < 1.29 is 14.3 Å². The number of carbonyl (C=O) groups is 1. The Bertz CT molecular complexity index is 1070. The highest BCUT2D eigenvalue weighted by atomic mass is 79.9. The molecule has 3 rings (SSSR count). The lowest BCUT2D eigenvalue weighted by Gasteiger charge is -2.14. The van der Waals surface area contributed by atoms with Crippen molar-refractivity contribution in [1.29, 1.82) is 0 Å². The lowest BCUT2D eigenvalue weighted by molar-refractivity contribution is -0.141. The maximum Gasteiger partial charge on any atom is 0.325 e. The minimum atomic E-state index is -0.552. The average molecular weight is 480 g/mol. The van der Waals surface area contributed by atoms with Gasteiger partial charge in [0.25, 0.3) is 5.56 Å². The fourth-order valence-corrected chi connectivity index (χ4v) is 3.56. The van der Waals surface area contributed by atoms with E-state index in [4.69, 9.17) is 10.5 Å². The number of halogens is 1. The molecule has 3 aromatic rings. The van der Waals surface area contributed by atoms with Gasteiger partial charge in [-0.3, -0.25) is 14.2 Å². The van der Waals surface area contributed by atoms with Crippen LogP contribution in [0.25, 0.3) is 10.6 Å². The lowest BCUT2D eigenvalue weighted by atomic mass is 10.1. The fourth-order valence-electron chi connectivity index (χ4n) is 2.42. The minimum absolute atomic E-state index is 0.104. The molecule has 1 aromatic carbocycles. The molecular formula is C18H18BrN5O4S. The number of esters is 1. The van der Waals surface area contributed by atoms with Gasteiger partial charge >= 0.3 is 5.97 Å². The van der Waals surface area contributed by atoms with Crippen molar-refractivity contribution in [3.63, 3.8) is 0 Å². The van der Waals surface area contributed by atoms with Gasteiger partial charge in [0.2, 0.25) is 5.88 Å². The molecule has 0 amide bonds. The van der Waals surface area contributed by atoms with Gasteiger partial charge in [0.1, 0.15) is 34.0 Å². The predicted molar refractivity (Wildman–Crippen MR) is 111 cm³/mol. The van der Waals surface area contributed by atoms with Crippen LogP contribution in [0.1, 0.15) is 16.6 Å². The standard InChI is InChI=1S/C18H18BrN5O4S/c1-10-22-23-17(29-10)12-5-3-11(4-6-12)13(20)8-28-16-15(19)18(26)24(9-21-16)7-14(25)27-2/h3-6,9,13H,7-8,20H2,1-2H3/t13-/m0/s1. The molecule has 0 aliphatic rings. The number of aromatic nitrogens is 4. The number of benzene rings is 1. The molecule has 0 aliphatic heterocycles. The zero-order valence-corrected chi connectivity index (χ0v) is 18.1. The van der Waals surface area contributed by atoms with E-state index in [1.807, 2.05) is 31.2 Å². The average Bonchev–Trinajstić information content (AvgIpc) is 3.17. The van der Waals surface area contributed by atoms with Gasteiger partial charge in [-0.1, -0.05) is 35.6 Å². The van der Waals surface area contributed by atoms with Gasteiger partial charge < -0.3 is 15.2 Å². The normalized spacial score (nSPS) is 11.9. The molecule has 9 nitrogen and oxygen atoms in total. The molecule has 11 heteroatoms. The van der Waals surface area contributed by atoms with Crippen LogP contribution < -0.4 is 16.0 Å². The summed E-state index contributed by atoms with van der Waals surface area (Å²) < 4.78 is 11.4. The first-order valence-corrected chi connectivity index (χ1v) is 10.1. The summed E-state index contributed by atoms with van der Waals surface area (Å²) >= 11 is 4.68. The second kappa shape index (κ2) is 9.25. The molecular weight excluding hydrogens is 462 g/mol. The maximum absolute atomic E-state index is 12.3. The van der Waals surface area contributed by atoms with Crippen LogP contribution in [0.3, 0.4) is 0 Å². The third-order valence-corrected chi connectivity index (χ3v) is 5.56. The van der Waals surface area contributed by atoms with Gasteiger partial charge in [0.05, 0.1) is 13.2 Å². The molecule has 0 spiro atoms. The lowest BCUT2D eigenvalue weighted by Crippen LogP contribution is -2.27. The number of nitrogens with zero attached hydrogens (tertiary/aromatic N) is 4. The third kappa shape index (κ3) is 5.05. The summed E-state index contributed by atoms with van der Waals surface area (Å²) in [7, 11) is 1.25. The van der Waals surface area contributed by atoms with Crippen LogP contribution in [0.5, 0.6) is 5.88 Å². The zero-order valence-electron chi connectivity index (χ0n) is 15.7. The first-order valence-electron chi connectivity index (χ1n) is 8.49. The maximum atomic E-state index is 12.3. The van der Waals surface area contributed by atoms with Crippen molar-refractivity contribution in [3.05, 3.63) is 56.0 Å². The zero-order chi connectivity index (χ0) is 21.0. The van der Waals surface area contributed by atoms with Crippen molar-refractivity contribution in [2.75, 3.05) is 13.7 Å². The number of nitrogens with two attached hydrogens (primary N) is 1. The van der Waals surface area contributed by atoms with Crippen molar-refractivity contribution in [3.8, 4) is 16.5 Å². The molecule has 29 heavy (non-hydrogen) atoms. The topological polar surface area (TPSA) is 122 Å². The molecule has 0 bridgehead atoms. The van der Waals surface area contributed by atoms with Crippen molar-refractivity contribution >= 4 is 33.2 Å². The summed E-state index contributed by atoms with van der Waals surface area (Å²) in [6.07, 6.45) is 1.23. The Balaban J connectivity index is 1.66. The van der Waals surface area contributed by atoms with E-state index >= 15 is 0 Å². The monoisotopic (exact) mass is 479 g/mol. The summed E-state index contributed by atoms with van der Waals surface area (Å²) in [5, 5.41) is 9.89. The Morgan fingerprint density at radius 3 is 2.66 bits per heavy atom. The van der Waals surface area contributed by atoms with Crippen LogP contribution in [0, 0.1) is 6.92 Å². The quantitative estimate of drug-likeness (QED) is 0.510. The molecule has 2 N–H and O–H groups in total. The van der Waals surface area contributed by atoms with Gasteiger partial charge in [0.15, 0.2) is 0 Å². The third-order valence-electron chi connectivity index (χ3n) is 3.99. The van der Waals surface area contributed by atoms with Crippen LogP contribution in [-0.2, 0) is 16.1 Å². The van der Waals surface area contributed by atoms with E-state index in [9.17, 15) is 9.59 Å². The Labute approximate surface area is 178 Å². The van der Waals surface area contributed by atoms with Gasteiger partial charge in [-0.05, 0) is 28.4 Å². The Hall–Kier alpha value is -2.63. The highest BCUT2D eigenvalue weighted by Gasteiger charge is 2.15. The molecule has 0 unspecified atom stereocenters. The van der Waals surface area contributed by atoms with Crippen LogP contribution in [0.4, 0.5) is 0 Å². The summed E-state index contributed by atoms with van der Waals surface area (Å²) in [6, 6.07) is 7.23. The number of aryl methyl sites for hydroxylation is 1. The smallest absolute Gasteiger partial charge is 0.325 e. The number of methoxy groups -OCH3 is 1. The second-order valence-corrected chi connectivity index (χ2v) is 8.01. The molecule has 0 fully saturated rings. The molecule has 2 heterocycles. The van der Waals surface area contributed by atoms with Crippen molar-refractivity contribution in [1.82, 2.24) is 19.7 Å². The van der Waals surface area contributed by atoms with Gasteiger partial charge in [-0.25, -0.2) is 4.98 Å². The summed E-state index contributed by atoms with van der Waals surface area (Å²) in [6.45, 7) is 1.79. The summed E-state index contributed by atoms with van der Waals surface area (Å²) in [5.41, 5.74) is 7.58. The second-order valence-electron chi connectivity index (χ2n) is 6.04. The molecule has 2 aromatic heterocycles. The van der Waals surface area contributed by atoms with E-state index in [0.717, 1.165) is 25.7 Å². The van der Waals surface area contributed by atoms with Crippen LogP contribution in [0.15, 0.2) is 39.9 Å². The summed E-state index contributed by atoms with van der Waals surface area (Å²) in [5.74, 6) is -0.448. The van der Waals surface area contributed by atoms with Crippen molar-refractivity contribution in [2.24, 2.45) is 5.73 Å². The molecule has 0 saturated carbocycles. The van der Waals surface area contributed by atoms with E-state index < -0.39 is 17.6 Å². The Morgan fingerprint density at radius 2 is 2.03 bits per heavy atom. The van der Waals surface area contributed by atoms with Gasteiger partial charge in [0, 0.05) is 5.56 Å². The molecule has 152 valence electrons. The first kappa shape index (κ1) is 21.1. The van der Waals surface area contributed by atoms with E-state index in [2.05, 4.69) is 35.8 Å². The predicted octanol–water partition coefficient (Wildman–Crippen LogP) is 2.08. The first-order chi connectivity index (χ1) is 13.9. The summed E-state index contributed by atoms with van der Waals surface area (Å²) in [4.78, 5) is 27.7. The van der Waals surface area contributed by atoms with E-state index in [1.54, 1.807) is 0 Å². The van der Waals surface area contributed by atoms with E-state index in [1.165, 1.54) is 24.8 Å². The number of hydrogen-bond donors (Lipinski definition) is 1. The molecule has 0 aliphatic carbocycles.